The van der Waals surface area contributed by atoms with Crippen molar-refractivity contribution in [3.05, 3.63) is 36.9 Å². The summed E-state index contributed by atoms with van der Waals surface area (Å²) in [5.41, 5.74) is 2.47. The molecule has 98 valence electrons. The molecule has 0 atom stereocenters. The van der Waals surface area contributed by atoms with Gasteiger partial charge in [0.25, 0.3) is 0 Å². The minimum Gasteiger partial charge on any atom is -0.377 e. The molecule has 3 aromatic rings. The fourth-order valence-corrected chi connectivity index (χ4v) is 4.14. The fourth-order valence-electron chi connectivity index (χ4n) is 1.65. The molecule has 19 heavy (non-hydrogen) atoms. The van der Waals surface area contributed by atoms with Gasteiger partial charge >= 0.3 is 0 Å². The van der Waals surface area contributed by atoms with E-state index >= 15 is 0 Å². The van der Waals surface area contributed by atoms with Gasteiger partial charge in [-0.2, -0.15) is 8.75 Å². The number of nitrogens with zero attached hydrogens (tertiary/aromatic N) is 2. The van der Waals surface area contributed by atoms with E-state index in [9.17, 15) is 0 Å². The Balaban J connectivity index is 1.89. The van der Waals surface area contributed by atoms with Gasteiger partial charge in [-0.05, 0) is 34.1 Å². The van der Waals surface area contributed by atoms with E-state index in [0.717, 1.165) is 30.4 Å². The molecule has 3 rings (SSSR count). The van der Waals surface area contributed by atoms with Crippen LogP contribution < -0.4 is 5.32 Å². The highest BCUT2D eigenvalue weighted by atomic mass is 79.9. The van der Waals surface area contributed by atoms with Crippen LogP contribution in [0.2, 0.25) is 9.36 Å². The molecule has 1 aromatic carbocycles. The first-order valence-corrected chi connectivity index (χ1v) is 8.33. The number of thiophene rings is 1. The largest absolute Gasteiger partial charge is 0.377 e. The lowest BCUT2D eigenvalue weighted by Gasteiger charge is -2.07. The third-order valence-electron chi connectivity index (χ3n) is 2.51. The smallest absolute Gasteiger partial charge is 0.129 e. The average molecular weight is 395 g/mol. The van der Waals surface area contributed by atoms with Crippen LogP contribution in [-0.4, -0.2) is 8.75 Å². The predicted molar refractivity (Wildman–Crippen MR) is 86.8 cm³/mol. The molecule has 8 heteroatoms. The summed E-state index contributed by atoms with van der Waals surface area (Å²) in [5, 5.41) is 3.94. The molecule has 0 bridgehead atoms. The lowest BCUT2D eigenvalue weighted by Crippen LogP contribution is -1.99. The van der Waals surface area contributed by atoms with Gasteiger partial charge in [-0.15, -0.1) is 11.3 Å². The minimum absolute atomic E-state index is 0.641. The van der Waals surface area contributed by atoms with Crippen molar-refractivity contribution >= 4 is 78.9 Å². The standard InChI is InChI=1S/C11H6BrCl2N3S2/c12-6-3-5(18-11(6)14)4-15-9-7(13)1-2-8-10(9)17-19-16-8/h1-3,15H,4H2. The zero-order valence-corrected chi connectivity index (χ0v) is 14.0. The van der Waals surface area contributed by atoms with Crippen LogP contribution in [0.5, 0.6) is 0 Å². The maximum absolute atomic E-state index is 6.21. The number of aromatic nitrogens is 2. The average Bonchev–Trinajstić information content (AvgIpc) is 2.96. The van der Waals surface area contributed by atoms with E-state index in [1.165, 1.54) is 23.1 Å². The lowest BCUT2D eigenvalue weighted by molar-refractivity contribution is 1.20. The first kappa shape index (κ1) is 13.6. The monoisotopic (exact) mass is 393 g/mol. The molecule has 0 unspecified atom stereocenters. The molecular formula is C11H6BrCl2N3S2. The third kappa shape index (κ3) is 2.73. The summed E-state index contributed by atoms with van der Waals surface area (Å²) in [4.78, 5) is 1.12. The highest BCUT2D eigenvalue weighted by Crippen LogP contribution is 2.34. The second kappa shape index (κ2) is 5.54. The number of anilines is 1. The van der Waals surface area contributed by atoms with Gasteiger partial charge < -0.3 is 5.32 Å². The lowest BCUT2D eigenvalue weighted by atomic mass is 10.2. The predicted octanol–water partition coefficient (Wildman–Crippen LogP) is 5.43. The van der Waals surface area contributed by atoms with Gasteiger partial charge in [0.1, 0.15) is 15.4 Å². The van der Waals surface area contributed by atoms with Crippen LogP contribution >= 0.6 is 62.2 Å². The normalized spacial score (nSPS) is 11.1. The summed E-state index contributed by atoms with van der Waals surface area (Å²) >= 11 is 18.3. The number of hydrogen-bond acceptors (Lipinski definition) is 5. The summed E-state index contributed by atoms with van der Waals surface area (Å²) in [7, 11) is 0. The van der Waals surface area contributed by atoms with E-state index < -0.39 is 0 Å². The molecule has 0 aliphatic rings. The Morgan fingerprint density at radius 1 is 1.26 bits per heavy atom. The van der Waals surface area contributed by atoms with Crippen LogP contribution in [0.1, 0.15) is 4.88 Å². The van der Waals surface area contributed by atoms with Gasteiger partial charge in [-0.25, -0.2) is 0 Å². The Hall–Kier alpha value is -0.400. The second-order valence-corrected chi connectivity index (χ2v) is 7.27. The van der Waals surface area contributed by atoms with Crippen LogP contribution in [0.15, 0.2) is 22.7 Å². The van der Waals surface area contributed by atoms with Gasteiger partial charge in [0.2, 0.25) is 0 Å². The highest BCUT2D eigenvalue weighted by Gasteiger charge is 2.11. The molecule has 0 saturated carbocycles. The van der Waals surface area contributed by atoms with Crippen molar-refractivity contribution in [3.63, 3.8) is 0 Å². The quantitative estimate of drug-likeness (QED) is 0.643. The van der Waals surface area contributed by atoms with E-state index in [2.05, 4.69) is 30.0 Å². The van der Waals surface area contributed by atoms with Gasteiger partial charge in [-0.3, -0.25) is 0 Å². The van der Waals surface area contributed by atoms with E-state index in [4.69, 9.17) is 23.2 Å². The first-order chi connectivity index (χ1) is 9.15. The van der Waals surface area contributed by atoms with Crippen molar-refractivity contribution in [2.24, 2.45) is 0 Å². The highest BCUT2D eigenvalue weighted by molar-refractivity contribution is 9.10. The molecule has 0 amide bonds. The number of benzene rings is 1. The van der Waals surface area contributed by atoms with Gasteiger partial charge in [-0.1, -0.05) is 23.2 Å². The third-order valence-corrected chi connectivity index (χ3v) is 5.84. The molecule has 2 heterocycles. The molecule has 0 aliphatic carbocycles. The molecule has 0 saturated heterocycles. The molecule has 2 aromatic heterocycles. The zero-order valence-electron chi connectivity index (χ0n) is 9.28. The SMILES string of the molecule is Clc1ccc2nsnc2c1NCc1cc(Br)c(Cl)s1. The Morgan fingerprint density at radius 2 is 2.11 bits per heavy atom. The molecule has 0 aliphatic heterocycles. The maximum atomic E-state index is 6.21. The fraction of sp³-hybridized carbons (Fsp3) is 0.0909. The van der Waals surface area contributed by atoms with Gasteiger partial charge in [0.05, 0.1) is 22.4 Å². The van der Waals surface area contributed by atoms with Gasteiger partial charge in [0, 0.05) is 15.9 Å². The van der Waals surface area contributed by atoms with E-state index in [1.807, 2.05) is 18.2 Å². The summed E-state index contributed by atoms with van der Waals surface area (Å²) in [5.74, 6) is 0. The molecule has 0 radical (unpaired) electrons. The van der Waals surface area contributed by atoms with Crippen molar-refractivity contribution in [2.45, 2.75) is 6.54 Å². The Morgan fingerprint density at radius 3 is 2.84 bits per heavy atom. The Bertz CT molecular complexity index is 721. The van der Waals surface area contributed by atoms with Crippen LogP contribution in [0, 0.1) is 0 Å². The van der Waals surface area contributed by atoms with Crippen molar-refractivity contribution < 1.29 is 0 Å². The summed E-state index contributed by atoms with van der Waals surface area (Å²) in [6, 6.07) is 5.68. The molecule has 0 fully saturated rings. The number of halogens is 3. The number of fused-ring (bicyclic) bond motifs is 1. The summed E-state index contributed by atoms with van der Waals surface area (Å²) in [6.07, 6.45) is 0. The van der Waals surface area contributed by atoms with E-state index in [-0.39, 0.29) is 0 Å². The number of hydrogen-bond donors (Lipinski definition) is 1. The Kier molecular flexibility index (Phi) is 3.96. The zero-order chi connectivity index (χ0) is 13.4. The second-order valence-electron chi connectivity index (χ2n) is 3.74. The maximum Gasteiger partial charge on any atom is 0.129 e. The number of nitrogens with one attached hydrogen (secondary N) is 1. The Labute approximate surface area is 136 Å². The van der Waals surface area contributed by atoms with Crippen molar-refractivity contribution in [2.75, 3.05) is 5.32 Å². The summed E-state index contributed by atoms with van der Waals surface area (Å²) < 4.78 is 10.1. The summed E-state index contributed by atoms with van der Waals surface area (Å²) in [6.45, 7) is 0.645. The van der Waals surface area contributed by atoms with Crippen LogP contribution in [-0.2, 0) is 6.54 Å². The molecule has 0 spiro atoms. The van der Waals surface area contributed by atoms with E-state index in [0.29, 0.717) is 11.6 Å². The van der Waals surface area contributed by atoms with Crippen molar-refractivity contribution in [1.29, 1.82) is 0 Å². The molecular weight excluding hydrogens is 389 g/mol. The molecule has 1 N–H and O–H groups in total. The first-order valence-electron chi connectivity index (χ1n) is 5.23. The minimum atomic E-state index is 0.641. The van der Waals surface area contributed by atoms with Crippen LogP contribution in [0.4, 0.5) is 5.69 Å². The topological polar surface area (TPSA) is 37.8 Å². The number of rotatable bonds is 3. The van der Waals surface area contributed by atoms with Crippen LogP contribution in [0.3, 0.4) is 0 Å². The molecule has 3 nitrogen and oxygen atoms in total. The van der Waals surface area contributed by atoms with Crippen molar-refractivity contribution in [3.8, 4) is 0 Å². The van der Waals surface area contributed by atoms with Crippen molar-refractivity contribution in [1.82, 2.24) is 8.75 Å². The van der Waals surface area contributed by atoms with E-state index in [1.54, 1.807) is 0 Å². The van der Waals surface area contributed by atoms with Gasteiger partial charge in [0.15, 0.2) is 0 Å². The van der Waals surface area contributed by atoms with Crippen LogP contribution in [0.25, 0.3) is 11.0 Å².